The number of hydrogen-bond donors (Lipinski definition) is 1. The van der Waals surface area contributed by atoms with Gasteiger partial charge in [-0.25, -0.2) is 9.18 Å². The van der Waals surface area contributed by atoms with Crippen molar-refractivity contribution < 1.29 is 13.9 Å². The first kappa shape index (κ1) is 11.2. The fraction of sp³-hybridized carbons (Fsp3) is 0.182. The Hall–Kier alpha value is -1.84. The molecule has 0 fully saturated rings. The van der Waals surface area contributed by atoms with Crippen molar-refractivity contribution in [2.45, 2.75) is 6.92 Å². The topological polar surface area (TPSA) is 52.3 Å². The molecule has 0 amide bonds. The van der Waals surface area contributed by atoms with Crippen molar-refractivity contribution in [1.29, 1.82) is 0 Å². The summed E-state index contributed by atoms with van der Waals surface area (Å²) < 4.78 is 17.5. The molecular weight excluding hydrogens is 197 g/mol. The van der Waals surface area contributed by atoms with E-state index in [0.29, 0.717) is 17.9 Å². The number of hydrogen-bond acceptors (Lipinski definition) is 3. The van der Waals surface area contributed by atoms with Crippen LogP contribution >= 0.6 is 0 Å². The highest BCUT2D eigenvalue weighted by molar-refractivity contribution is 5.88. The SMILES string of the molecule is CCOC(=O)C=Cc1cc(F)ccc1N. The van der Waals surface area contributed by atoms with Crippen molar-refractivity contribution in [2.75, 3.05) is 12.3 Å². The molecule has 0 spiro atoms. The third-order valence-electron chi connectivity index (χ3n) is 1.73. The maximum Gasteiger partial charge on any atom is 0.330 e. The molecule has 2 N–H and O–H groups in total. The first-order chi connectivity index (χ1) is 7.13. The van der Waals surface area contributed by atoms with Gasteiger partial charge in [0.25, 0.3) is 0 Å². The van der Waals surface area contributed by atoms with Crippen LogP contribution in [0.15, 0.2) is 24.3 Å². The molecule has 1 rings (SSSR count). The molecule has 0 aliphatic carbocycles. The third kappa shape index (κ3) is 3.42. The van der Waals surface area contributed by atoms with Crippen molar-refractivity contribution >= 4 is 17.7 Å². The Balaban J connectivity index is 2.79. The van der Waals surface area contributed by atoms with Crippen LogP contribution in [-0.4, -0.2) is 12.6 Å². The number of nitrogens with two attached hydrogens (primary N) is 1. The molecule has 0 unspecified atom stereocenters. The fourth-order valence-corrected chi connectivity index (χ4v) is 1.04. The summed E-state index contributed by atoms with van der Waals surface area (Å²) in [5.41, 5.74) is 6.45. The molecule has 0 atom stereocenters. The van der Waals surface area contributed by atoms with Crippen molar-refractivity contribution in [3.8, 4) is 0 Å². The molecule has 80 valence electrons. The van der Waals surface area contributed by atoms with Crippen LogP contribution in [0.25, 0.3) is 6.08 Å². The highest BCUT2D eigenvalue weighted by Gasteiger charge is 1.99. The molecule has 4 heteroatoms. The van der Waals surface area contributed by atoms with Crippen molar-refractivity contribution in [1.82, 2.24) is 0 Å². The number of ether oxygens (including phenoxy) is 1. The average molecular weight is 209 g/mol. The summed E-state index contributed by atoms with van der Waals surface area (Å²) in [7, 11) is 0. The summed E-state index contributed by atoms with van der Waals surface area (Å²) >= 11 is 0. The zero-order chi connectivity index (χ0) is 11.3. The lowest BCUT2D eigenvalue weighted by Crippen LogP contribution is -1.99. The third-order valence-corrected chi connectivity index (χ3v) is 1.73. The molecule has 0 aliphatic rings. The Morgan fingerprint density at radius 3 is 3.00 bits per heavy atom. The minimum Gasteiger partial charge on any atom is -0.463 e. The van der Waals surface area contributed by atoms with E-state index in [1.54, 1.807) is 6.92 Å². The number of carbonyl (C=O) groups excluding carboxylic acids is 1. The van der Waals surface area contributed by atoms with E-state index in [1.165, 1.54) is 30.4 Å². The second-order valence-electron chi connectivity index (χ2n) is 2.86. The van der Waals surface area contributed by atoms with Gasteiger partial charge in [-0.05, 0) is 31.2 Å². The molecule has 3 nitrogen and oxygen atoms in total. The van der Waals surface area contributed by atoms with Crippen molar-refractivity contribution in [3.05, 3.63) is 35.7 Å². The number of anilines is 1. The van der Waals surface area contributed by atoms with Crippen LogP contribution in [0.2, 0.25) is 0 Å². The summed E-state index contributed by atoms with van der Waals surface area (Å²) in [6.45, 7) is 2.02. The Morgan fingerprint density at radius 1 is 1.60 bits per heavy atom. The molecule has 0 saturated heterocycles. The van der Waals surface area contributed by atoms with Gasteiger partial charge in [-0.2, -0.15) is 0 Å². The number of rotatable bonds is 3. The summed E-state index contributed by atoms with van der Waals surface area (Å²) in [6.07, 6.45) is 2.64. The van der Waals surface area contributed by atoms with E-state index in [2.05, 4.69) is 4.74 Å². The highest BCUT2D eigenvalue weighted by atomic mass is 19.1. The van der Waals surface area contributed by atoms with Gasteiger partial charge in [0, 0.05) is 17.3 Å². The number of esters is 1. The van der Waals surface area contributed by atoms with Crippen LogP contribution < -0.4 is 5.73 Å². The quantitative estimate of drug-likeness (QED) is 0.470. The van der Waals surface area contributed by atoms with Gasteiger partial charge in [0.1, 0.15) is 5.82 Å². The van der Waals surface area contributed by atoms with E-state index in [9.17, 15) is 9.18 Å². The van der Waals surface area contributed by atoms with E-state index in [0.717, 1.165) is 0 Å². The van der Waals surface area contributed by atoms with E-state index < -0.39 is 11.8 Å². The molecule has 0 radical (unpaired) electrons. The van der Waals surface area contributed by atoms with E-state index in [-0.39, 0.29) is 0 Å². The van der Waals surface area contributed by atoms with Gasteiger partial charge in [0.05, 0.1) is 6.61 Å². The smallest absolute Gasteiger partial charge is 0.330 e. The fourth-order valence-electron chi connectivity index (χ4n) is 1.04. The molecule has 1 aromatic rings. The number of nitrogen functional groups attached to an aromatic ring is 1. The molecule has 0 aromatic heterocycles. The number of benzene rings is 1. The first-order valence-corrected chi connectivity index (χ1v) is 4.53. The molecule has 0 heterocycles. The second-order valence-corrected chi connectivity index (χ2v) is 2.86. The predicted octanol–water partition coefficient (Wildman–Crippen LogP) is 1.98. The van der Waals surface area contributed by atoms with Crippen LogP contribution in [-0.2, 0) is 9.53 Å². The highest BCUT2D eigenvalue weighted by Crippen LogP contribution is 2.14. The van der Waals surface area contributed by atoms with Crippen molar-refractivity contribution in [2.24, 2.45) is 0 Å². The zero-order valence-electron chi connectivity index (χ0n) is 8.37. The molecule has 0 aliphatic heterocycles. The minimum absolute atomic E-state index is 0.307. The Bertz CT molecular complexity index is 388. The van der Waals surface area contributed by atoms with Crippen LogP contribution in [0.4, 0.5) is 10.1 Å². The molecule has 0 saturated carbocycles. The van der Waals surface area contributed by atoms with Gasteiger partial charge in [-0.3, -0.25) is 0 Å². The lowest BCUT2D eigenvalue weighted by molar-refractivity contribution is -0.137. The second kappa shape index (κ2) is 5.14. The largest absolute Gasteiger partial charge is 0.463 e. The van der Waals surface area contributed by atoms with Gasteiger partial charge >= 0.3 is 5.97 Å². The van der Waals surface area contributed by atoms with Gasteiger partial charge in [0.2, 0.25) is 0 Å². The molecule has 0 bridgehead atoms. The first-order valence-electron chi connectivity index (χ1n) is 4.53. The zero-order valence-corrected chi connectivity index (χ0v) is 8.37. The number of carbonyl (C=O) groups is 1. The van der Waals surface area contributed by atoms with Crippen LogP contribution in [0.5, 0.6) is 0 Å². The van der Waals surface area contributed by atoms with Gasteiger partial charge in [0.15, 0.2) is 0 Å². The summed E-state index contributed by atoms with van der Waals surface area (Å²) in [5, 5.41) is 0. The molecular formula is C11H12FNO2. The standard InChI is InChI=1S/C11H12FNO2/c1-2-15-11(14)6-3-8-7-9(12)4-5-10(8)13/h3-7H,2,13H2,1H3. The Labute approximate surface area is 87.3 Å². The van der Waals surface area contributed by atoms with Crippen LogP contribution in [0, 0.1) is 5.82 Å². The van der Waals surface area contributed by atoms with E-state index in [1.807, 2.05) is 0 Å². The predicted molar refractivity (Wildman–Crippen MR) is 56.5 cm³/mol. The summed E-state index contributed by atoms with van der Waals surface area (Å²) in [4.78, 5) is 11.0. The monoisotopic (exact) mass is 209 g/mol. The van der Waals surface area contributed by atoms with Gasteiger partial charge in [-0.15, -0.1) is 0 Å². The lowest BCUT2D eigenvalue weighted by Gasteiger charge is -1.99. The minimum atomic E-state index is -0.471. The van der Waals surface area contributed by atoms with Gasteiger partial charge < -0.3 is 10.5 Å². The average Bonchev–Trinajstić information content (AvgIpc) is 2.20. The maximum atomic E-state index is 12.8. The summed E-state index contributed by atoms with van der Waals surface area (Å²) in [6, 6.07) is 3.96. The van der Waals surface area contributed by atoms with Crippen molar-refractivity contribution in [3.63, 3.8) is 0 Å². The normalized spacial score (nSPS) is 10.5. The molecule has 15 heavy (non-hydrogen) atoms. The lowest BCUT2D eigenvalue weighted by atomic mass is 10.1. The molecule has 1 aromatic carbocycles. The Kier molecular flexibility index (Phi) is 3.85. The summed E-state index contributed by atoms with van der Waals surface area (Å²) in [5.74, 6) is -0.867. The Morgan fingerprint density at radius 2 is 2.33 bits per heavy atom. The van der Waals surface area contributed by atoms with E-state index in [4.69, 9.17) is 5.73 Å². The van der Waals surface area contributed by atoms with Crippen LogP contribution in [0.3, 0.4) is 0 Å². The number of halogens is 1. The maximum absolute atomic E-state index is 12.8. The van der Waals surface area contributed by atoms with E-state index >= 15 is 0 Å². The van der Waals surface area contributed by atoms with Gasteiger partial charge in [-0.1, -0.05) is 0 Å². The van der Waals surface area contributed by atoms with Crippen LogP contribution in [0.1, 0.15) is 12.5 Å².